The van der Waals surface area contributed by atoms with E-state index < -0.39 is 0 Å². The number of hydrogen-bond acceptors (Lipinski definition) is 3. The average molecular weight is 241 g/mol. The molecule has 0 bridgehead atoms. The van der Waals surface area contributed by atoms with Gasteiger partial charge in [-0.05, 0) is 31.2 Å². The fourth-order valence-corrected chi connectivity index (χ4v) is 3.32. The summed E-state index contributed by atoms with van der Waals surface area (Å²) in [6.45, 7) is 8.24. The van der Waals surface area contributed by atoms with Crippen LogP contribution in [0.25, 0.3) is 0 Å². The highest BCUT2D eigenvalue weighted by Gasteiger charge is 2.33. The summed E-state index contributed by atoms with van der Waals surface area (Å²) in [7, 11) is 0. The second-order valence-electron chi connectivity index (χ2n) is 5.82. The summed E-state index contributed by atoms with van der Waals surface area (Å²) < 4.78 is 5.77. The largest absolute Gasteiger partial charge is 0.390 e. The van der Waals surface area contributed by atoms with Crippen molar-refractivity contribution in [1.29, 1.82) is 0 Å². The Morgan fingerprint density at radius 2 is 2.24 bits per heavy atom. The molecule has 0 amide bonds. The highest BCUT2D eigenvalue weighted by Crippen LogP contribution is 2.32. The molecule has 1 aliphatic carbocycles. The van der Waals surface area contributed by atoms with E-state index >= 15 is 0 Å². The molecular weight excluding hydrogens is 214 g/mol. The molecule has 1 aliphatic heterocycles. The third-order valence-corrected chi connectivity index (χ3v) is 4.47. The Kier molecular flexibility index (Phi) is 4.83. The molecule has 0 spiro atoms. The monoisotopic (exact) mass is 241 g/mol. The molecule has 3 nitrogen and oxygen atoms in total. The van der Waals surface area contributed by atoms with E-state index in [-0.39, 0.29) is 12.2 Å². The zero-order valence-corrected chi connectivity index (χ0v) is 11.3. The van der Waals surface area contributed by atoms with Crippen LogP contribution in [0.5, 0.6) is 0 Å². The lowest BCUT2D eigenvalue weighted by molar-refractivity contribution is -0.110. The fraction of sp³-hybridized carbons (Fsp3) is 1.00. The minimum Gasteiger partial charge on any atom is -0.390 e. The Bertz CT molecular complexity index is 234. The Labute approximate surface area is 105 Å². The van der Waals surface area contributed by atoms with Gasteiger partial charge in [-0.25, -0.2) is 0 Å². The van der Waals surface area contributed by atoms with Crippen LogP contribution in [0.2, 0.25) is 0 Å². The van der Waals surface area contributed by atoms with Crippen LogP contribution < -0.4 is 0 Å². The van der Waals surface area contributed by atoms with Gasteiger partial charge in [0.05, 0.1) is 18.8 Å². The molecule has 0 aromatic carbocycles. The van der Waals surface area contributed by atoms with Crippen molar-refractivity contribution < 1.29 is 9.84 Å². The molecule has 4 atom stereocenters. The van der Waals surface area contributed by atoms with Crippen LogP contribution in [0.1, 0.15) is 39.5 Å². The van der Waals surface area contributed by atoms with Crippen molar-refractivity contribution in [3.63, 3.8) is 0 Å². The summed E-state index contributed by atoms with van der Waals surface area (Å²) in [4.78, 5) is 2.38. The molecule has 1 saturated carbocycles. The van der Waals surface area contributed by atoms with Crippen molar-refractivity contribution in [2.24, 2.45) is 11.8 Å². The van der Waals surface area contributed by atoms with Gasteiger partial charge in [0.15, 0.2) is 0 Å². The number of aliphatic hydroxyl groups is 1. The second-order valence-corrected chi connectivity index (χ2v) is 5.82. The van der Waals surface area contributed by atoms with Crippen molar-refractivity contribution in [1.82, 2.24) is 4.90 Å². The number of nitrogens with zero attached hydrogens (tertiary/aromatic N) is 1. The van der Waals surface area contributed by atoms with E-state index in [0.29, 0.717) is 5.92 Å². The minimum atomic E-state index is -0.257. The standard InChI is InChI=1S/C14H27NO2/c1-3-15-7-8-17-13(10-15)14(16)12-6-4-5-11(2)9-12/h11-14,16H,3-10H2,1-2H3. The first-order valence-corrected chi connectivity index (χ1v) is 7.22. The van der Waals surface area contributed by atoms with Crippen molar-refractivity contribution in [3.8, 4) is 0 Å². The maximum Gasteiger partial charge on any atom is 0.0963 e. The quantitative estimate of drug-likeness (QED) is 0.819. The number of morpholine rings is 1. The van der Waals surface area contributed by atoms with Gasteiger partial charge in [-0.1, -0.05) is 26.7 Å². The number of ether oxygens (including phenoxy) is 1. The summed E-state index contributed by atoms with van der Waals surface area (Å²) in [6.07, 6.45) is 4.74. The van der Waals surface area contributed by atoms with E-state index in [4.69, 9.17) is 4.74 Å². The van der Waals surface area contributed by atoms with Gasteiger partial charge in [-0.2, -0.15) is 0 Å². The summed E-state index contributed by atoms with van der Waals surface area (Å²) in [5, 5.41) is 10.5. The molecule has 1 heterocycles. The predicted molar refractivity (Wildman–Crippen MR) is 69.0 cm³/mol. The maximum atomic E-state index is 10.5. The lowest BCUT2D eigenvalue weighted by Gasteiger charge is -2.39. The number of likely N-dealkylation sites (N-methyl/N-ethyl adjacent to an activating group) is 1. The lowest BCUT2D eigenvalue weighted by Crippen LogP contribution is -2.50. The molecule has 1 saturated heterocycles. The van der Waals surface area contributed by atoms with Gasteiger partial charge in [-0.3, -0.25) is 4.90 Å². The molecule has 1 N–H and O–H groups in total. The zero-order chi connectivity index (χ0) is 12.3. The summed E-state index contributed by atoms with van der Waals surface area (Å²) in [5.74, 6) is 1.23. The first-order valence-electron chi connectivity index (χ1n) is 7.22. The Morgan fingerprint density at radius 3 is 2.94 bits per heavy atom. The van der Waals surface area contributed by atoms with Crippen molar-refractivity contribution in [2.75, 3.05) is 26.2 Å². The Morgan fingerprint density at radius 1 is 1.41 bits per heavy atom. The molecule has 100 valence electrons. The molecule has 4 unspecified atom stereocenters. The van der Waals surface area contributed by atoms with E-state index in [2.05, 4.69) is 18.7 Å². The van der Waals surface area contributed by atoms with Crippen molar-refractivity contribution >= 4 is 0 Å². The van der Waals surface area contributed by atoms with Crippen molar-refractivity contribution in [3.05, 3.63) is 0 Å². The molecule has 0 radical (unpaired) electrons. The van der Waals surface area contributed by atoms with Gasteiger partial charge >= 0.3 is 0 Å². The summed E-state index contributed by atoms with van der Waals surface area (Å²) in [6, 6.07) is 0. The van der Waals surface area contributed by atoms with Gasteiger partial charge in [0.2, 0.25) is 0 Å². The number of rotatable bonds is 3. The van der Waals surface area contributed by atoms with Gasteiger partial charge in [-0.15, -0.1) is 0 Å². The summed E-state index contributed by atoms with van der Waals surface area (Å²) >= 11 is 0. The first-order chi connectivity index (χ1) is 8.20. The van der Waals surface area contributed by atoms with E-state index in [0.717, 1.165) is 32.2 Å². The van der Waals surface area contributed by atoms with Crippen LogP contribution in [0, 0.1) is 11.8 Å². The third kappa shape index (κ3) is 3.43. The molecule has 17 heavy (non-hydrogen) atoms. The van der Waals surface area contributed by atoms with Gasteiger partial charge in [0.1, 0.15) is 0 Å². The average Bonchev–Trinajstić information content (AvgIpc) is 2.38. The Hall–Kier alpha value is -0.120. The van der Waals surface area contributed by atoms with E-state index in [9.17, 15) is 5.11 Å². The van der Waals surface area contributed by atoms with Crippen molar-refractivity contribution in [2.45, 2.75) is 51.7 Å². The second kappa shape index (κ2) is 6.17. The predicted octanol–water partition coefficient (Wildman–Crippen LogP) is 1.89. The van der Waals surface area contributed by atoms with Gasteiger partial charge < -0.3 is 9.84 Å². The zero-order valence-electron chi connectivity index (χ0n) is 11.3. The van der Waals surface area contributed by atoms with Gasteiger partial charge in [0.25, 0.3) is 0 Å². The van der Waals surface area contributed by atoms with E-state index in [1.54, 1.807) is 0 Å². The molecule has 2 rings (SSSR count). The first kappa shape index (κ1) is 13.3. The third-order valence-electron chi connectivity index (χ3n) is 4.47. The highest BCUT2D eigenvalue weighted by atomic mass is 16.5. The topological polar surface area (TPSA) is 32.7 Å². The van der Waals surface area contributed by atoms with E-state index in [1.165, 1.54) is 25.7 Å². The number of aliphatic hydroxyl groups excluding tert-OH is 1. The molecule has 2 fully saturated rings. The van der Waals surface area contributed by atoms with Crippen LogP contribution in [0.3, 0.4) is 0 Å². The number of hydrogen-bond donors (Lipinski definition) is 1. The van der Waals surface area contributed by atoms with Crippen LogP contribution in [0.4, 0.5) is 0 Å². The maximum absolute atomic E-state index is 10.5. The minimum absolute atomic E-state index is 0.0407. The van der Waals surface area contributed by atoms with Crippen LogP contribution in [-0.2, 0) is 4.74 Å². The molecule has 0 aromatic heterocycles. The lowest BCUT2D eigenvalue weighted by atomic mass is 9.78. The molecular formula is C14H27NO2. The van der Waals surface area contributed by atoms with Crippen LogP contribution >= 0.6 is 0 Å². The normalized spacial score (nSPS) is 37.9. The van der Waals surface area contributed by atoms with E-state index in [1.807, 2.05) is 0 Å². The van der Waals surface area contributed by atoms with Crippen LogP contribution in [-0.4, -0.2) is 48.5 Å². The molecule has 2 aliphatic rings. The van der Waals surface area contributed by atoms with Crippen LogP contribution in [0.15, 0.2) is 0 Å². The van der Waals surface area contributed by atoms with Gasteiger partial charge in [0, 0.05) is 13.1 Å². The molecule has 3 heteroatoms. The Balaban J connectivity index is 1.87. The highest BCUT2D eigenvalue weighted by molar-refractivity contribution is 4.85. The fourth-order valence-electron chi connectivity index (χ4n) is 3.32. The molecule has 0 aromatic rings. The summed E-state index contributed by atoms with van der Waals surface area (Å²) in [5.41, 5.74) is 0. The smallest absolute Gasteiger partial charge is 0.0963 e. The SMILES string of the molecule is CCN1CCOC(C(O)C2CCCC(C)C2)C1.